The molecule has 0 amide bonds. The molecule has 0 heterocycles. The van der Waals surface area contributed by atoms with Crippen LogP contribution in [0.3, 0.4) is 0 Å². The second-order valence-electron chi connectivity index (χ2n) is 0.992. The van der Waals surface area contributed by atoms with Gasteiger partial charge in [0.15, 0.2) is 0 Å². The Morgan fingerprint density at radius 2 is 1.50 bits per heavy atom. The van der Waals surface area contributed by atoms with Crippen LogP contribution < -0.4 is 61.8 Å². The summed E-state index contributed by atoms with van der Waals surface area (Å²) in [6.07, 6.45) is 0. The number of rotatable bonds is 0. The molecule has 3 nitrogen and oxygen atoms in total. The number of aliphatic carboxylic acids is 1. The predicted molar refractivity (Wildman–Crippen MR) is 25.7 cm³/mol. The van der Waals surface area contributed by atoms with Crippen LogP contribution in [0.1, 0.15) is 6.92 Å². The first-order valence-electron chi connectivity index (χ1n) is 1.91. The van der Waals surface area contributed by atoms with Gasteiger partial charge in [-0.2, -0.15) is 0 Å². The second kappa shape index (κ2) is 15.7. The van der Waals surface area contributed by atoms with Gasteiger partial charge in [0.2, 0.25) is 0 Å². The summed E-state index contributed by atoms with van der Waals surface area (Å²) in [5, 5.41) is 11.6. The molecule has 0 rings (SSSR count). The first-order chi connectivity index (χ1) is 3.15. The summed E-state index contributed by atoms with van der Waals surface area (Å²) in [7, 11) is 3.75. The Bertz CT molecular complexity index is 45.3. The largest absolute Gasteiger partial charge is 1.00 e. The van der Waals surface area contributed by atoms with Crippen LogP contribution in [-0.4, -0.2) is 20.1 Å². The number of carbonyl (C=O) groups excluding carboxylic acids is 1. The Kier molecular flexibility index (Phi) is 31.4. The third-order valence-corrected chi connectivity index (χ3v) is 0. The fourth-order valence-electron chi connectivity index (χ4n) is 0. The summed E-state index contributed by atoms with van der Waals surface area (Å²) in [6.45, 7) is 0.972. The zero-order valence-corrected chi connectivity index (χ0v) is 8.94. The second-order valence-corrected chi connectivity index (χ2v) is 0.992. The summed E-state index contributed by atoms with van der Waals surface area (Å²) in [5.74, 6) is -1.08. The molecule has 0 atom stereocenters. The minimum absolute atomic E-state index is 0. The van der Waals surface area contributed by atoms with Crippen molar-refractivity contribution < 1.29 is 61.3 Å². The molecule has 8 heavy (non-hydrogen) atoms. The third-order valence-electron chi connectivity index (χ3n) is 0. The van der Waals surface area contributed by atoms with Gasteiger partial charge in [-0.1, -0.05) is 0 Å². The molecule has 1 N–H and O–H groups in total. The van der Waals surface area contributed by atoms with Crippen molar-refractivity contribution in [2.24, 2.45) is 0 Å². The van der Waals surface area contributed by atoms with Gasteiger partial charge in [-0.15, -0.1) is 0 Å². The molecule has 0 unspecified atom stereocenters. The average molecular weight is 143 g/mol. The number of nitrogens with one attached hydrogen (secondary N) is 1. The van der Waals surface area contributed by atoms with E-state index in [1.165, 1.54) is 0 Å². The molecular formula is C4H10KNO2. The summed E-state index contributed by atoms with van der Waals surface area (Å²) in [5.41, 5.74) is 0. The fraction of sp³-hybridized carbons (Fsp3) is 0.750. The summed E-state index contributed by atoms with van der Waals surface area (Å²) < 4.78 is 0. The van der Waals surface area contributed by atoms with Crippen molar-refractivity contribution in [3.05, 3.63) is 0 Å². The number of carboxylic acids is 1. The van der Waals surface area contributed by atoms with Crippen molar-refractivity contribution in [2.45, 2.75) is 6.92 Å². The molecular weight excluding hydrogens is 133 g/mol. The van der Waals surface area contributed by atoms with E-state index in [4.69, 9.17) is 9.90 Å². The number of hydrogen-bond acceptors (Lipinski definition) is 3. The zero-order valence-electron chi connectivity index (χ0n) is 5.82. The van der Waals surface area contributed by atoms with E-state index in [2.05, 4.69) is 5.32 Å². The number of carbonyl (C=O) groups is 1. The maximum atomic E-state index is 8.89. The molecule has 0 aliphatic carbocycles. The average Bonchev–Trinajstić information content (AvgIpc) is 1.33. The van der Waals surface area contributed by atoms with Crippen LogP contribution in [0.5, 0.6) is 0 Å². The molecule has 0 spiro atoms. The van der Waals surface area contributed by atoms with Gasteiger partial charge in [-0.05, 0) is 21.0 Å². The molecule has 4 heteroatoms. The first kappa shape index (κ1) is 16.0. The van der Waals surface area contributed by atoms with E-state index in [1.54, 1.807) is 0 Å². The molecule has 0 aromatic rings. The predicted octanol–water partition coefficient (Wildman–Crippen LogP) is -4.40. The van der Waals surface area contributed by atoms with E-state index in [9.17, 15) is 0 Å². The summed E-state index contributed by atoms with van der Waals surface area (Å²) >= 11 is 0. The maximum Gasteiger partial charge on any atom is 1.00 e. The summed E-state index contributed by atoms with van der Waals surface area (Å²) in [4.78, 5) is 8.89. The normalized spacial score (nSPS) is 5.38. The van der Waals surface area contributed by atoms with E-state index >= 15 is 0 Å². The van der Waals surface area contributed by atoms with Crippen molar-refractivity contribution >= 4 is 5.97 Å². The molecule has 0 saturated heterocycles. The number of hydrogen-bond donors (Lipinski definition) is 1. The number of carboxylic acid groups (broad SMARTS) is 1. The third kappa shape index (κ3) is 229. The van der Waals surface area contributed by atoms with E-state index in [-0.39, 0.29) is 51.4 Å². The van der Waals surface area contributed by atoms with Crippen molar-refractivity contribution in [3.8, 4) is 0 Å². The molecule has 0 bridgehead atoms. The van der Waals surface area contributed by atoms with Crippen molar-refractivity contribution in [1.29, 1.82) is 0 Å². The van der Waals surface area contributed by atoms with Gasteiger partial charge < -0.3 is 15.2 Å². The van der Waals surface area contributed by atoms with E-state index in [0.717, 1.165) is 6.92 Å². The zero-order chi connectivity index (χ0) is 6.28. The van der Waals surface area contributed by atoms with E-state index in [0.29, 0.717) is 0 Å². The van der Waals surface area contributed by atoms with Gasteiger partial charge in [0.25, 0.3) is 0 Å². The van der Waals surface area contributed by atoms with Crippen LogP contribution in [-0.2, 0) is 4.79 Å². The van der Waals surface area contributed by atoms with Gasteiger partial charge in [-0.25, -0.2) is 0 Å². The van der Waals surface area contributed by atoms with Crippen molar-refractivity contribution in [3.63, 3.8) is 0 Å². The van der Waals surface area contributed by atoms with Gasteiger partial charge in [0.05, 0.1) is 0 Å². The van der Waals surface area contributed by atoms with Crippen LogP contribution in [0.15, 0.2) is 0 Å². The van der Waals surface area contributed by atoms with Crippen LogP contribution in [0.2, 0.25) is 0 Å². The Morgan fingerprint density at radius 1 is 1.50 bits per heavy atom. The van der Waals surface area contributed by atoms with Gasteiger partial charge in [0.1, 0.15) is 0 Å². The standard InChI is InChI=1S/C2H7N.C2H4O2.K/c1-3-2;1-2(3)4;/h3H,1-2H3;1H3,(H,3,4);/q;;+1/p-1. The molecule has 0 aromatic carbocycles. The molecule has 0 fully saturated rings. The van der Waals surface area contributed by atoms with Gasteiger partial charge in [-0.3, -0.25) is 0 Å². The minimum Gasteiger partial charge on any atom is -0.550 e. The van der Waals surface area contributed by atoms with Crippen molar-refractivity contribution in [1.82, 2.24) is 5.32 Å². The Hall–Kier alpha value is 1.07. The smallest absolute Gasteiger partial charge is 0.550 e. The SMILES string of the molecule is CC(=O)[O-].CNC.[K+]. The quantitative estimate of drug-likeness (QED) is 0.348. The monoisotopic (exact) mass is 143 g/mol. The fourth-order valence-corrected chi connectivity index (χ4v) is 0. The molecule has 0 radical (unpaired) electrons. The van der Waals surface area contributed by atoms with Gasteiger partial charge >= 0.3 is 51.4 Å². The maximum absolute atomic E-state index is 8.89. The van der Waals surface area contributed by atoms with E-state index < -0.39 is 5.97 Å². The molecule has 44 valence electrons. The minimum atomic E-state index is -1.08. The topological polar surface area (TPSA) is 52.2 Å². The molecule has 0 aliphatic heterocycles. The van der Waals surface area contributed by atoms with Crippen LogP contribution in [0.4, 0.5) is 0 Å². The molecule has 0 aliphatic rings. The Morgan fingerprint density at radius 3 is 1.50 bits per heavy atom. The Labute approximate surface area is 92.3 Å². The first-order valence-corrected chi connectivity index (χ1v) is 1.91. The van der Waals surface area contributed by atoms with Crippen molar-refractivity contribution in [2.75, 3.05) is 14.1 Å². The molecule has 0 aromatic heterocycles. The summed E-state index contributed by atoms with van der Waals surface area (Å²) in [6, 6.07) is 0. The molecule has 0 saturated carbocycles. The van der Waals surface area contributed by atoms with Gasteiger partial charge in [0, 0.05) is 5.97 Å². The Balaban J connectivity index is -0.0000000575. The van der Waals surface area contributed by atoms with Crippen LogP contribution >= 0.6 is 0 Å². The van der Waals surface area contributed by atoms with E-state index in [1.807, 2.05) is 14.1 Å². The van der Waals surface area contributed by atoms with Crippen LogP contribution in [0, 0.1) is 0 Å². The van der Waals surface area contributed by atoms with Crippen LogP contribution in [0.25, 0.3) is 0 Å².